The summed E-state index contributed by atoms with van der Waals surface area (Å²) in [7, 11) is 0. The lowest BCUT2D eigenvalue weighted by Gasteiger charge is -2.02. The maximum Gasteiger partial charge on any atom is 0.207 e. The second kappa shape index (κ2) is 5.75. The van der Waals surface area contributed by atoms with Gasteiger partial charge in [-0.25, -0.2) is 4.98 Å². The molecule has 0 saturated carbocycles. The van der Waals surface area contributed by atoms with Crippen molar-refractivity contribution in [3.8, 4) is 0 Å². The number of nitrogens with zero attached hydrogens (tertiary/aromatic N) is 2. The van der Waals surface area contributed by atoms with Crippen LogP contribution in [0.3, 0.4) is 0 Å². The molecular formula is C12H16N4S. The standard InChI is InChI=1S/C12H16N4S/c1-2-3-11-15-12(17-16-11)14-10-6-4-9(8-13)5-7-10/h4-7H,2-3,8,13H2,1H3,(H,14,15,16). The third kappa shape index (κ3) is 3.25. The number of aryl methyl sites for hydroxylation is 1. The molecule has 4 nitrogen and oxygen atoms in total. The van der Waals surface area contributed by atoms with Gasteiger partial charge < -0.3 is 11.1 Å². The van der Waals surface area contributed by atoms with Crippen molar-refractivity contribution in [3.05, 3.63) is 35.7 Å². The highest BCUT2D eigenvalue weighted by Gasteiger charge is 2.03. The molecule has 0 aliphatic rings. The normalized spacial score (nSPS) is 10.5. The SMILES string of the molecule is CCCc1nsc(Nc2ccc(CN)cc2)n1. The molecule has 0 aliphatic carbocycles. The number of rotatable bonds is 5. The van der Waals surface area contributed by atoms with E-state index in [9.17, 15) is 0 Å². The molecule has 17 heavy (non-hydrogen) atoms. The van der Waals surface area contributed by atoms with E-state index in [0.29, 0.717) is 6.54 Å². The predicted octanol–water partition coefficient (Wildman–Crippen LogP) is 2.69. The minimum atomic E-state index is 0.569. The van der Waals surface area contributed by atoms with E-state index >= 15 is 0 Å². The Morgan fingerprint density at radius 2 is 2.06 bits per heavy atom. The number of aromatic nitrogens is 2. The van der Waals surface area contributed by atoms with Crippen LogP contribution < -0.4 is 11.1 Å². The molecule has 90 valence electrons. The van der Waals surface area contributed by atoms with Gasteiger partial charge in [0.15, 0.2) is 0 Å². The van der Waals surface area contributed by atoms with Crippen LogP contribution in [0.25, 0.3) is 0 Å². The first-order chi connectivity index (χ1) is 8.31. The molecule has 3 N–H and O–H groups in total. The van der Waals surface area contributed by atoms with Crippen LogP contribution in [0.15, 0.2) is 24.3 Å². The molecule has 5 heteroatoms. The van der Waals surface area contributed by atoms with Crippen LogP contribution in [0.4, 0.5) is 10.8 Å². The van der Waals surface area contributed by atoms with Gasteiger partial charge in [-0.2, -0.15) is 4.37 Å². The van der Waals surface area contributed by atoms with Gasteiger partial charge in [0.25, 0.3) is 0 Å². The van der Waals surface area contributed by atoms with Crippen LogP contribution >= 0.6 is 11.5 Å². The summed E-state index contributed by atoms with van der Waals surface area (Å²) in [5, 5.41) is 4.08. The van der Waals surface area contributed by atoms with Gasteiger partial charge in [0, 0.05) is 30.2 Å². The summed E-state index contributed by atoms with van der Waals surface area (Å²) in [5.41, 5.74) is 7.69. The molecule has 0 saturated heterocycles. The summed E-state index contributed by atoms with van der Waals surface area (Å²) in [4.78, 5) is 4.41. The number of hydrogen-bond donors (Lipinski definition) is 2. The summed E-state index contributed by atoms with van der Waals surface area (Å²) in [6.07, 6.45) is 2.01. The first kappa shape index (κ1) is 12.0. The highest BCUT2D eigenvalue weighted by molar-refractivity contribution is 7.09. The Morgan fingerprint density at radius 3 is 2.71 bits per heavy atom. The van der Waals surface area contributed by atoms with Crippen molar-refractivity contribution >= 4 is 22.4 Å². The Hall–Kier alpha value is -1.46. The second-order valence-electron chi connectivity index (χ2n) is 3.79. The molecule has 2 aromatic rings. The van der Waals surface area contributed by atoms with E-state index in [2.05, 4.69) is 21.6 Å². The zero-order valence-corrected chi connectivity index (χ0v) is 10.6. The summed E-state index contributed by atoms with van der Waals surface area (Å²) >= 11 is 1.40. The molecule has 1 heterocycles. The molecule has 0 unspecified atom stereocenters. The first-order valence-electron chi connectivity index (χ1n) is 5.70. The number of benzene rings is 1. The molecule has 1 aromatic heterocycles. The smallest absolute Gasteiger partial charge is 0.207 e. The largest absolute Gasteiger partial charge is 0.330 e. The van der Waals surface area contributed by atoms with Gasteiger partial charge in [0.2, 0.25) is 5.13 Å². The van der Waals surface area contributed by atoms with E-state index in [1.807, 2.05) is 24.3 Å². The molecule has 0 amide bonds. The molecule has 0 fully saturated rings. The minimum absolute atomic E-state index is 0.569. The van der Waals surface area contributed by atoms with Crippen LogP contribution in [-0.4, -0.2) is 9.36 Å². The lowest BCUT2D eigenvalue weighted by atomic mass is 10.2. The average Bonchev–Trinajstić information content (AvgIpc) is 2.78. The summed E-state index contributed by atoms with van der Waals surface area (Å²) in [5.74, 6) is 0.915. The van der Waals surface area contributed by atoms with E-state index in [4.69, 9.17) is 5.73 Å². The maximum atomic E-state index is 5.55. The zero-order chi connectivity index (χ0) is 12.1. The van der Waals surface area contributed by atoms with Crippen LogP contribution in [0.1, 0.15) is 24.7 Å². The monoisotopic (exact) mass is 248 g/mol. The summed E-state index contributed by atoms with van der Waals surface area (Å²) in [6.45, 7) is 2.69. The van der Waals surface area contributed by atoms with E-state index in [1.54, 1.807) is 0 Å². The quantitative estimate of drug-likeness (QED) is 0.854. The first-order valence-corrected chi connectivity index (χ1v) is 6.47. The number of hydrogen-bond acceptors (Lipinski definition) is 5. The predicted molar refractivity (Wildman–Crippen MR) is 71.5 cm³/mol. The van der Waals surface area contributed by atoms with Gasteiger partial charge in [-0.05, 0) is 24.1 Å². The van der Waals surface area contributed by atoms with Crippen molar-refractivity contribution < 1.29 is 0 Å². The van der Waals surface area contributed by atoms with Crippen molar-refractivity contribution in [2.24, 2.45) is 5.73 Å². The Kier molecular flexibility index (Phi) is 4.06. The van der Waals surface area contributed by atoms with Crippen LogP contribution in [-0.2, 0) is 13.0 Å². The van der Waals surface area contributed by atoms with Crippen molar-refractivity contribution in [2.75, 3.05) is 5.32 Å². The van der Waals surface area contributed by atoms with Crippen molar-refractivity contribution in [3.63, 3.8) is 0 Å². The van der Waals surface area contributed by atoms with Crippen molar-refractivity contribution in [1.29, 1.82) is 0 Å². The van der Waals surface area contributed by atoms with E-state index in [0.717, 1.165) is 35.0 Å². The second-order valence-corrected chi connectivity index (χ2v) is 4.54. The van der Waals surface area contributed by atoms with Gasteiger partial charge in [-0.1, -0.05) is 19.1 Å². The highest BCUT2D eigenvalue weighted by Crippen LogP contribution is 2.19. The third-order valence-electron chi connectivity index (χ3n) is 2.38. The molecule has 1 aromatic carbocycles. The lowest BCUT2D eigenvalue weighted by Crippen LogP contribution is -1.96. The Labute approximate surface area is 105 Å². The average molecular weight is 248 g/mol. The molecule has 0 atom stereocenters. The summed E-state index contributed by atoms with van der Waals surface area (Å²) < 4.78 is 4.28. The topological polar surface area (TPSA) is 63.8 Å². The lowest BCUT2D eigenvalue weighted by molar-refractivity contribution is 0.862. The minimum Gasteiger partial charge on any atom is -0.330 e. The Balaban J connectivity index is 2.03. The highest BCUT2D eigenvalue weighted by atomic mass is 32.1. The van der Waals surface area contributed by atoms with Gasteiger partial charge in [-0.15, -0.1) is 0 Å². The van der Waals surface area contributed by atoms with Gasteiger partial charge in [0.05, 0.1) is 0 Å². The molecular weight excluding hydrogens is 232 g/mol. The number of nitrogens with two attached hydrogens (primary N) is 1. The Bertz CT molecular complexity index is 464. The van der Waals surface area contributed by atoms with E-state index in [-0.39, 0.29) is 0 Å². The maximum absolute atomic E-state index is 5.55. The third-order valence-corrected chi connectivity index (χ3v) is 3.05. The van der Waals surface area contributed by atoms with Gasteiger partial charge >= 0.3 is 0 Å². The van der Waals surface area contributed by atoms with Crippen molar-refractivity contribution in [1.82, 2.24) is 9.36 Å². The molecule has 0 aliphatic heterocycles. The van der Waals surface area contributed by atoms with Crippen LogP contribution in [0, 0.1) is 0 Å². The van der Waals surface area contributed by atoms with E-state index < -0.39 is 0 Å². The molecule has 2 rings (SSSR count). The Morgan fingerprint density at radius 1 is 1.29 bits per heavy atom. The van der Waals surface area contributed by atoms with Crippen molar-refractivity contribution in [2.45, 2.75) is 26.3 Å². The van der Waals surface area contributed by atoms with Gasteiger partial charge in [-0.3, -0.25) is 0 Å². The molecule has 0 spiro atoms. The fourth-order valence-electron chi connectivity index (χ4n) is 1.48. The fourth-order valence-corrected chi connectivity index (χ4v) is 2.11. The van der Waals surface area contributed by atoms with Gasteiger partial charge in [0.1, 0.15) is 5.82 Å². The number of anilines is 2. The summed E-state index contributed by atoms with van der Waals surface area (Å²) in [6, 6.07) is 8.03. The fraction of sp³-hybridized carbons (Fsp3) is 0.333. The van der Waals surface area contributed by atoms with Crippen LogP contribution in [0.5, 0.6) is 0 Å². The molecule has 0 radical (unpaired) electrons. The van der Waals surface area contributed by atoms with Crippen LogP contribution in [0.2, 0.25) is 0 Å². The molecule has 0 bridgehead atoms. The van der Waals surface area contributed by atoms with E-state index in [1.165, 1.54) is 11.5 Å². The number of nitrogens with one attached hydrogen (secondary N) is 1. The zero-order valence-electron chi connectivity index (χ0n) is 9.81.